The van der Waals surface area contributed by atoms with Crippen LogP contribution in [0.1, 0.15) is 220 Å². The van der Waals surface area contributed by atoms with Gasteiger partial charge in [0.1, 0.15) is 13.2 Å². The fourth-order valence-electron chi connectivity index (χ4n) is 7.04. The van der Waals surface area contributed by atoms with Crippen molar-refractivity contribution in [3.8, 4) is 0 Å². The summed E-state index contributed by atoms with van der Waals surface area (Å²) in [7, 11) is 0. The van der Waals surface area contributed by atoms with Gasteiger partial charge in [-0.2, -0.15) is 0 Å². The Hall–Kier alpha value is -4.97. The first-order valence-electron chi connectivity index (χ1n) is 28.5. The van der Waals surface area contributed by atoms with E-state index in [2.05, 4.69) is 179 Å². The fourth-order valence-corrected chi connectivity index (χ4v) is 7.04. The predicted octanol–water partition coefficient (Wildman–Crippen LogP) is 19.4. The van der Waals surface area contributed by atoms with Crippen LogP contribution in [0.25, 0.3) is 0 Å². The molecule has 0 saturated heterocycles. The Morgan fingerprint density at radius 2 is 0.556 bits per heavy atom. The summed E-state index contributed by atoms with van der Waals surface area (Å²) in [5.41, 5.74) is 0. The van der Waals surface area contributed by atoms with E-state index < -0.39 is 6.10 Å². The van der Waals surface area contributed by atoms with E-state index >= 15 is 0 Å². The number of unbranched alkanes of at least 4 members (excludes halogenated alkanes) is 12. The molecular weight excluding hydrogens is 889 g/mol. The van der Waals surface area contributed by atoms with Gasteiger partial charge in [0, 0.05) is 19.3 Å². The third-order valence-corrected chi connectivity index (χ3v) is 11.2. The van der Waals surface area contributed by atoms with Crippen LogP contribution in [0.4, 0.5) is 0 Å². The molecule has 0 radical (unpaired) electrons. The molecule has 0 saturated carbocycles. The van der Waals surface area contributed by atoms with Gasteiger partial charge in [-0.25, -0.2) is 0 Å². The lowest BCUT2D eigenvalue weighted by atomic mass is 10.1. The number of ether oxygens (including phenoxy) is 3. The molecule has 0 aromatic rings. The Labute approximate surface area is 441 Å². The number of carbonyl (C=O) groups is 3. The van der Waals surface area contributed by atoms with Crippen molar-refractivity contribution in [3.63, 3.8) is 0 Å². The maximum atomic E-state index is 12.8. The highest BCUT2D eigenvalue weighted by atomic mass is 16.6. The predicted molar refractivity (Wildman–Crippen MR) is 311 cm³/mol. The molecule has 0 aromatic heterocycles. The summed E-state index contributed by atoms with van der Waals surface area (Å²) in [6.07, 6.45) is 85.2. The monoisotopic (exact) mass is 991 g/mol. The molecular formula is C66H102O6. The number of carbonyl (C=O) groups excluding carboxylic acids is 3. The van der Waals surface area contributed by atoms with Gasteiger partial charge in [0.15, 0.2) is 6.10 Å². The molecule has 0 aromatic carbocycles. The lowest BCUT2D eigenvalue weighted by molar-refractivity contribution is -0.167. The summed E-state index contributed by atoms with van der Waals surface area (Å²) in [6.45, 7) is 6.28. The van der Waals surface area contributed by atoms with E-state index in [-0.39, 0.29) is 37.5 Å². The van der Waals surface area contributed by atoms with Gasteiger partial charge < -0.3 is 14.2 Å². The Balaban J connectivity index is 4.52. The number of esters is 3. The smallest absolute Gasteiger partial charge is 0.306 e. The molecule has 0 aliphatic rings. The van der Waals surface area contributed by atoms with Crippen LogP contribution in [0, 0.1) is 0 Å². The quantitative estimate of drug-likeness (QED) is 0.0262. The van der Waals surface area contributed by atoms with E-state index in [1.807, 2.05) is 0 Å². The standard InChI is InChI=1S/C66H102O6/c1-4-7-10-13-16-19-22-25-27-29-30-31-32-33-34-35-36-38-39-41-44-47-50-53-56-59-65(68)71-62-63(61-70-64(67)58-55-52-49-46-43-24-21-18-15-12-9-6-3)72-66(69)60-57-54-51-48-45-42-40-37-28-26-23-20-17-14-11-8-5-2/h7-8,10-11,16-21,25-28,30-31,33-34,36,38,40-42,44,48,51,63H,4-6,9,12-15,22-24,29,32,35,37,39,43,45-47,49-50,52-62H2,1-3H3/b10-7-,11-8-,19-16-,20-17-,21-18-,27-25-,28-26-,31-30-,34-33-,38-36-,42-40-,44-41-,51-48-. The number of allylic oxidation sites excluding steroid dienone is 26. The van der Waals surface area contributed by atoms with Crippen molar-refractivity contribution in [1.29, 1.82) is 0 Å². The molecule has 72 heavy (non-hydrogen) atoms. The minimum atomic E-state index is -0.833. The van der Waals surface area contributed by atoms with Crippen molar-refractivity contribution in [2.45, 2.75) is 226 Å². The molecule has 6 heteroatoms. The van der Waals surface area contributed by atoms with Gasteiger partial charge in [-0.1, -0.05) is 217 Å². The molecule has 0 rings (SSSR count). The van der Waals surface area contributed by atoms with Gasteiger partial charge in [0.25, 0.3) is 0 Å². The molecule has 0 fully saturated rings. The van der Waals surface area contributed by atoms with Crippen molar-refractivity contribution in [1.82, 2.24) is 0 Å². The molecule has 6 nitrogen and oxygen atoms in total. The average Bonchev–Trinajstić information content (AvgIpc) is 3.38. The molecule has 0 bridgehead atoms. The Morgan fingerprint density at radius 1 is 0.292 bits per heavy atom. The minimum absolute atomic E-state index is 0.123. The molecule has 1 unspecified atom stereocenters. The number of hydrogen-bond acceptors (Lipinski definition) is 6. The van der Waals surface area contributed by atoms with Gasteiger partial charge in [-0.05, 0) is 141 Å². The van der Waals surface area contributed by atoms with Gasteiger partial charge in [0.05, 0.1) is 0 Å². The third kappa shape index (κ3) is 56.0. The second-order valence-corrected chi connectivity index (χ2v) is 18.1. The molecule has 0 heterocycles. The zero-order valence-corrected chi connectivity index (χ0v) is 45.9. The van der Waals surface area contributed by atoms with Crippen LogP contribution in [0.5, 0.6) is 0 Å². The van der Waals surface area contributed by atoms with Gasteiger partial charge >= 0.3 is 17.9 Å². The molecule has 402 valence electrons. The minimum Gasteiger partial charge on any atom is -0.462 e. The molecule has 0 N–H and O–H groups in total. The zero-order valence-electron chi connectivity index (χ0n) is 45.9. The maximum absolute atomic E-state index is 12.8. The maximum Gasteiger partial charge on any atom is 0.306 e. The van der Waals surface area contributed by atoms with Crippen LogP contribution in [0.3, 0.4) is 0 Å². The lowest BCUT2D eigenvalue weighted by Gasteiger charge is -2.18. The number of hydrogen-bond donors (Lipinski definition) is 0. The summed E-state index contributed by atoms with van der Waals surface area (Å²) >= 11 is 0. The van der Waals surface area contributed by atoms with E-state index in [0.29, 0.717) is 19.3 Å². The topological polar surface area (TPSA) is 78.9 Å². The van der Waals surface area contributed by atoms with Crippen molar-refractivity contribution in [3.05, 3.63) is 158 Å². The van der Waals surface area contributed by atoms with E-state index in [4.69, 9.17) is 14.2 Å². The van der Waals surface area contributed by atoms with Gasteiger partial charge in [-0.3, -0.25) is 14.4 Å². The van der Waals surface area contributed by atoms with Crippen LogP contribution < -0.4 is 0 Å². The van der Waals surface area contributed by atoms with Crippen molar-refractivity contribution in [2.75, 3.05) is 13.2 Å². The molecule has 0 amide bonds. The number of rotatable bonds is 49. The summed E-state index contributed by atoms with van der Waals surface area (Å²) in [4.78, 5) is 38.1. The van der Waals surface area contributed by atoms with E-state index in [1.54, 1.807) is 0 Å². The molecule has 1 atom stereocenters. The SMILES string of the molecule is CC/C=C\C/C=C\C/C=C\C/C=C\C/C=C\C/C=C\C/C=C\CCCCCC(=O)OCC(COC(=O)CCCCCCC/C=C\CCCCC)OC(=O)CCC/C=C\C/C=C\C/C=C\C/C=C\C/C=C\CC. The molecule has 0 aliphatic carbocycles. The summed E-state index contributed by atoms with van der Waals surface area (Å²) in [5, 5.41) is 0. The van der Waals surface area contributed by atoms with Crippen LogP contribution in [-0.4, -0.2) is 37.2 Å². The van der Waals surface area contributed by atoms with Crippen molar-refractivity contribution < 1.29 is 28.6 Å². The fraction of sp³-hybridized carbons (Fsp3) is 0.561. The van der Waals surface area contributed by atoms with E-state index in [0.717, 1.165) is 141 Å². The van der Waals surface area contributed by atoms with Crippen LogP contribution in [-0.2, 0) is 28.6 Å². The lowest BCUT2D eigenvalue weighted by Crippen LogP contribution is -2.30. The molecule has 0 spiro atoms. The van der Waals surface area contributed by atoms with E-state index in [1.165, 1.54) is 32.1 Å². The Bertz CT molecular complexity index is 1660. The normalized spacial score (nSPS) is 13.3. The van der Waals surface area contributed by atoms with Gasteiger partial charge in [0.2, 0.25) is 0 Å². The third-order valence-electron chi connectivity index (χ3n) is 11.2. The van der Waals surface area contributed by atoms with Crippen LogP contribution >= 0.6 is 0 Å². The zero-order chi connectivity index (χ0) is 52.2. The van der Waals surface area contributed by atoms with Crippen molar-refractivity contribution >= 4 is 17.9 Å². The largest absolute Gasteiger partial charge is 0.462 e. The second kappa shape index (κ2) is 58.6. The first-order valence-corrected chi connectivity index (χ1v) is 28.5. The highest BCUT2D eigenvalue weighted by Crippen LogP contribution is 2.12. The van der Waals surface area contributed by atoms with Crippen LogP contribution in [0.15, 0.2) is 158 Å². The first kappa shape index (κ1) is 67.0. The summed E-state index contributed by atoms with van der Waals surface area (Å²) in [6, 6.07) is 0. The first-order chi connectivity index (χ1) is 35.5. The molecule has 0 aliphatic heterocycles. The Morgan fingerprint density at radius 3 is 0.917 bits per heavy atom. The summed E-state index contributed by atoms with van der Waals surface area (Å²) < 4.78 is 16.7. The van der Waals surface area contributed by atoms with Crippen molar-refractivity contribution in [2.24, 2.45) is 0 Å². The Kier molecular flexibility index (Phi) is 54.6. The second-order valence-electron chi connectivity index (χ2n) is 18.1. The average molecular weight is 992 g/mol. The highest BCUT2D eigenvalue weighted by molar-refractivity contribution is 5.71. The van der Waals surface area contributed by atoms with Gasteiger partial charge in [-0.15, -0.1) is 0 Å². The highest BCUT2D eigenvalue weighted by Gasteiger charge is 2.19. The summed E-state index contributed by atoms with van der Waals surface area (Å²) in [5.74, 6) is -1.03. The van der Waals surface area contributed by atoms with Crippen LogP contribution in [0.2, 0.25) is 0 Å². The van der Waals surface area contributed by atoms with E-state index in [9.17, 15) is 14.4 Å².